The number of ether oxygens (including phenoxy) is 1. The molecular weight excluding hydrogens is 308 g/mol. The molecule has 1 heterocycles. The average Bonchev–Trinajstić information content (AvgIpc) is 2.84. The smallest absolute Gasteiger partial charge is 0.354 e. The van der Waals surface area contributed by atoms with E-state index in [9.17, 15) is 14.4 Å². The second kappa shape index (κ2) is 8.66. The molecule has 1 amide bonds. The van der Waals surface area contributed by atoms with Gasteiger partial charge in [-0.05, 0) is 31.7 Å². The summed E-state index contributed by atoms with van der Waals surface area (Å²) in [6.07, 6.45) is 1.21. The van der Waals surface area contributed by atoms with Gasteiger partial charge in [-0.25, -0.2) is 4.79 Å². The van der Waals surface area contributed by atoms with Gasteiger partial charge in [-0.2, -0.15) is 0 Å². The van der Waals surface area contributed by atoms with Crippen LogP contribution in [0.2, 0.25) is 0 Å². The molecule has 0 spiro atoms. The van der Waals surface area contributed by atoms with Crippen LogP contribution in [0.5, 0.6) is 0 Å². The van der Waals surface area contributed by atoms with Crippen molar-refractivity contribution < 1.29 is 19.1 Å². The van der Waals surface area contributed by atoms with Gasteiger partial charge in [-0.15, -0.1) is 0 Å². The van der Waals surface area contributed by atoms with E-state index in [1.807, 2.05) is 0 Å². The fourth-order valence-electron chi connectivity index (χ4n) is 2.66. The fraction of sp³-hybridized carbons (Fsp3) is 0.611. The molecule has 134 valence electrons. The van der Waals surface area contributed by atoms with Crippen LogP contribution in [0.4, 0.5) is 0 Å². The molecule has 6 nitrogen and oxygen atoms in total. The molecule has 0 saturated carbocycles. The number of amides is 1. The molecule has 0 unspecified atom stereocenters. The van der Waals surface area contributed by atoms with Gasteiger partial charge in [0.15, 0.2) is 5.78 Å². The lowest BCUT2D eigenvalue weighted by atomic mass is 10.0. The third-order valence-corrected chi connectivity index (χ3v) is 4.07. The summed E-state index contributed by atoms with van der Waals surface area (Å²) >= 11 is 0. The molecule has 0 saturated heterocycles. The number of methoxy groups -OCH3 is 1. The van der Waals surface area contributed by atoms with Crippen LogP contribution < -0.4 is 0 Å². The van der Waals surface area contributed by atoms with E-state index in [0.29, 0.717) is 35.7 Å². The number of esters is 1. The molecule has 1 rings (SSSR count). The fourth-order valence-corrected chi connectivity index (χ4v) is 2.66. The summed E-state index contributed by atoms with van der Waals surface area (Å²) in [6, 6.07) is 0. The molecule has 1 N–H and O–H groups in total. The summed E-state index contributed by atoms with van der Waals surface area (Å²) in [6.45, 7) is 9.99. The van der Waals surface area contributed by atoms with Crippen molar-refractivity contribution >= 4 is 17.7 Å². The van der Waals surface area contributed by atoms with Crippen LogP contribution in [0.1, 0.15) is 65.7 Å². The van der Waals surface area contributed by atoms with Crippen molar-refractivity contribution in [2.45, 2.75) is 47.5 Å². The van der Waals surface area contributed by atoms with Crippen molar-refractivity contribution in [2.24, 2.45) is 5.92 Å². The van der Waals surface area contributed by atoms with Crippen LogP contribution in [0, 0.1) is 19.8 Å². The molecule has 0 aliphatic carbocycles. The van der Waals surface area contributed by atoms with Crippen molar-refractivity contribution in [3.63, 3.8) is 0 Å². The van der Waals surface area contributed by atoms with Gasteiger partial charge >= 0.3 is 5.97 Å². The quantitative estimate of drug-likeness (QED) is 0.585. The Balaban J connectivity index is 3.01. The first-order valence-corrected chi connectivity index (χ1v) is 8.31. The van der Waals surface area contributed by atoms with Crippen molar-refractivity contribution in [1.29, 1.82) is 0 Å². The zero-order chi connectivity index (χ0) is 18.4. The van der Waals surface area contributed by atoms with E-state index in [1.54, 1.807) is 25.7 Å². The van der Waals surface area contributed by atoms with Crippen LogP contribution >= 0.6 is 0 Å². The van der Waals surface area contributed by atoms with Gasteiger partial charge in [0.2, 0.25) is 5.91 Å². The molecule has 0 aliphatic rings. The summed E-state index contributed by atoms with van der Waals surface area (Å²) < 4.78 is 4.72. The lowest BCUT2D eigenvalue weighted by Gasteiger charge is -2.22. The standard InChI is InChI=1S/C18H28N2O4/c1-7-15(22)20(9-8-11(2)3)10-14(21)16-12(4)17(18(23)24-6)19-13(16)5/h11,19H,7-10H2,1-6H3. The van der Waals surface area contributed by atoms with E-state index in [4.69, 9.17) is 4.74 Å². The summed E-state index contributed by atoms with van der Waals surface area (Å²) in [5, 5.41) is 0. The number of H-pyrrole nitrogens is 1. The van der Waals surface area contributed by atoms with Gasteiger partial charge in [0.25, 0.3) is 0 Å². The summed E-state index contributed by atoms with van der Waals surface area (Å²) in [7, 11) is 1.30. The molecule has 0 atom stereocenters. The second-order valence-corrected chi connectivity index (χ2v) is 6.39. The highest BCUT2D eigenvalue weighted by Gasteiger charge is 2.24. The molecule has 0 aliphatic heterocycles. The van der Waals surface area contributed by atoms with E-state index in [0.717, 1.165) is 6.42 Å². The summed E-state index contributed by atoms with van der Waals surface area (Å²) in [5.74, 6) is -0.255. The van der Waals surface area contributed by atoms with Gasteiger partial charge in [0.05, 0.1) is 13.7 Å². The molecule has 6 heteroatoms. The number of nitrogens with one attached hydrogen (secondary N) is 1. The molecule has 24 heavy (non-hydrogen) atoms. The number of carbonyl (C=O) groups excluding carboxylic acids is 3. The van der Waals surface area contributed by atoms with Crippen molar-refractivity contribution in [3.05, 3.63) is 22.5 Å². The molecule has 0 radical (unpaired) electrons. The van der Waals surface area contributed by atoms with Crippen LogP contribution in [-0.2, 0) is 9.53 Å². The minimum Gasteiger partial charge on any atom is -0.464 e. The SMILES string of the molecule is CCC(=O)N(CCC(C)C)CC(=O)c1c(C)[nH]c(C(=O)OC)c1C. The molecule has 0 bridgehead atoms. The molecule has 1 aromatic rings. The Morgan fingerprint density at radius 3 is 2.33 bits per heavy atom. The van der Waals surface area contributed by atoms with E-state index >= 15 is 0 Å². The first-order valence-electron chi connectivity index (χ1n) is 8.31. The maximum absolute atomic E-state index is 12.7. The van der Waals surface area contributed by atoms with E-state index in [1.165, 1.54) is 7.11 Å². The Bertz CT molecular complexity index is 617. The minimum atomic E-state index is -0.504. The Morgan fingerprint density at radius 1 is 1.21 bits per heavy atom. The van der Waals surface area contributed by atoms with Gasteiger partial charge in [-0.3, -0.25) is 9.59 Å². The number of hydrogen-bond donors (Lipinski definition) is 1. The Morgan fingerprint density at radius 2 is 1.83 bits per heavy atom. The molecule has 0 fully saturated rings. The Hall–Kier alpha value is -2.11. The van der Waals surface area contributed by atoms with E-state index in [-0.39, 0.29) is 23.9 Å². The van der Waals surface area contributed by atoms with Crippen LogP contribution in [-0.4, -0.2) is 47.7 Å². The van der Waals surface area contributed by atoms with Crippen molar-refractivity contribution in [2.75, 3.05) is 20.2 Å². The zero-order valence-corrected chi connectivity index (χ0v) is 15.5. The van der Waals surface area contributed by atoms with Crippen LogP contribution in [0.25, 0.3) is 0 Å². The number of nitrogens with zero attached hydrogens (tertiary/aromatic N) is 1. The normalized spacial score (nSPS) is 10.8. The Kier molecular flexibility index (Phi) is 7.19. The average molecular weight is 336 g/mol. The number of rotatable bonds is 8. The number of ketones is 1. The van der Waals surface area contributed by atoms with Crippen molar-refractivity contribution in [1.82, 2.24) is 9.88 Å². The van der Waals surface area contributed by atoms with Crippen LogP contribution in [0.15, 0.2) is 0 Å². The second-order valence-electron chi connectivity index (χ2n) is 6.39. The highest BCUT2D eigenvalue weighted by Crippen LogP contribution is 2.20. The van der Waals surface area contributed by atoms with E-state index in [2.05, 4.69) is 18.8 Å². The van der Waals surface area contributed by atoms with Gasteiger partial charge in [0, 0.05) is 24.2 Å². The molecule has 0 aromatic carbocycles. The third-order valence-electron chi connectivity index (χ3n) is 4.07. The molecule has 1 aromatic heterocycles. The largest absolute Gasteiger partial charge is 0.464 e. The number of aromatic amines is 1. The minimum absolute atomic E-state index is 0.0273. The maximum atomic E-state index is 12.7. The van der Waals surface area contributed by atoms with Gasteiger partial charge in [-0.1, -0.05) is 20.8 Å². The lowest BCUT2D eigenvalue weighted by Crippen LogP contribution is -2.36. The lowest BCUT2D eigenvalue weighted by molar-refractivity contribution is -0.130. The number of hydrogen-bond acceptors (Lipinski definition) is 4. The van der Waals surface area contributed by atoms with Crippen LogP contribution in [0.3, 0.4) is 0 Å². The van der Waals surface area contributed by atoms with E-state index < -0.39 is 5.97 Å². The highest BCUT2D eigenvalue weighted by molar-refractivity contribution is 6.04. The number of Topliss-reactive ketones (excluding diaryl/α,β-unsaturated/α-hetero) is 1. The monoisotopic (exact) mass is 336 g/mol. The Labute approximate surface area is 143 Å². The van der Waals surface area contributed by atoms with Gasteiger partial charge < -0.3 is 14.6 Å². The summed E-state index contributed by atoms with van der Waals surface area (Å²) in [5.41, 5.74) is 1.94. The predicted octanol–water partition coefficient (Wildman–Crippen LogP) is 2.89. The highest BCUT2D eigenvalue weighted by atomic mass is 16.5. The summed E-state index contributed by atoms with van der Waals surface area (Å²) in [4.78, 5) is 41.1. The predicted molar refractivity (Wildman–Crippen MR) is 92.3 cm³/mol. The molecular formula is C18H28N2O4. The number of carbonyl (C=O) groups is 3. The zero-order valence-electron chi connectivity index (χ0n) is 15.5. The topological polar surface area (TPSA) is 79.5 Å². The maximum Gasteiger partial charge on any atom is 0.354 e. The number of aromatic nitrogens is 1. The van der Waals surface area contributed by atoms with Gasteiger partial charge in [0.1, 0.15) is 5.69 Å². The first-order chi connectivity index (χ1) is 11.2. The third kappa shape index (κ3) is 4.69. The first kappa shape index (κ1) is 19.9. The number of aryl methyl sites for hydroxylation is 1. The van der Waals surface area contributed by atoms with Crippen molar-refractivity contribution in [3.8, 4) is 0 Å².